The Morgan fingerprint density at radius 3 is 2.14 bits per heavy atom. The van der Waals surface area contributed by atoms with Crippen molar-refractivity contribution in [3.8, 4) is 0 Å². The lowest BCUT2D eigenvalue weighted by Gasteiger charge is -2.32. The third-order valence-corrected chi connectivity index (χ3v) is 6.48. The SMILES string of the molecule is CCC(=O)/C=C/c1ccc2c(c1)CCC2N(CCC(=O)Nc1cc(C(F)(F)F)cc(C(F)(F)F)c1)C(=O)OC(C)(C)C. The fourth-order valence-electron chi connectivity index (χ4n) is 4.52. The number of ketones is 1. The van der Waals surface area contributed by atoms with E-state index in [9.17, 15) is 40.7 Å². The lowest BCUT2D eigenvalue weighted by molar-refractivity contribution is -0.143. The van der Waals surface area contributed by atoms with Gasteiger partial charge in [0.05, 0.1) is 17.2 Å². The molecule has 3 rings (SSSR count). The molecule has 0 heterocycles. The first-order chi connectivity index (χ1) is 19.4. The average Bonchev–Trinajstić information content (AvgIpc) is 3.28. The van der Waals surface area contributed by atoms with Gasteiger partial charge in [-0.15, -0.1) is 0 Å². The van der Waals surface area contributed by atoms with E-state index in [2.05, 4.69) is 5.32 Å². The van der Waals surface area contributed by atoms with Crippen LogP contribution >= 0.6 is 0 Å². The van der Waals surface area contributed by atoms with Crippen molar-refractivity contribution in [2.24, 2.45) is 0 Å². The zero-order chi connectivity index (χ0) is 31.5. The third kappa shape index (κ3) is 8.83. The standard InChI is InChI=1S/C30H32F6N2O4/c1-5-23(39)9-6-18-7-10-24-19(14-18)8-11-25(24)38(27(41)42-28(2,3)4)13-12-26(40)37-22-16-20(29(31,32)33)15-21(17-22)30(34,35)36/h6-7,9-10,14-17,25H,5,8,11-13H2,1-4H3,(H,37,40)/b9-6+. The van der Waals surface area contributed by atoms with Crippen LogP contribution in [0.5, 0.6) is 0 Å². The first-order valence-corrected chi connectivity index (χ1v) is 13.3. The maximum Gasteiger partial charge on any atom is 0.416 e. The van der Waals surface area contributed by atoms with Crippen LogP contribution in [0.3, 0.4) is 0 Å². The van der Waals surface area contributed by atoms with Gasteiger partial charge in [-0.2, -0.15) is 26.3 Å². The number of hydrogen-bond donors (Lipinski definition) is 1. The van der Waals surface area contributed by atoms with E-state index in [1.807, 2.05) is 12.1 Å². The Hall–Kier alpha value is -3.83. The molecule has 0 saturated carbocycles. The molecule has 42 heavy (non-hydrogen) atoms. The second-order valence-electron chi connectivity index (χ2n) is 10.9. The van der Waals surface area contributed by atoms with E-state index in [0.29, 0.717) is 31.4 Å². The van der Waals surface area contributed by atoms with Crippen molar-refractivity contribution in [3.05, 3.63) is 70.3 Å². The summed E-state index contributed by atoms with van der Waals surface area (Å²) in [6, 6.07) is 5.85. The number of benzene rings is 2. The molecule has 2 aromatic carbocycles. The van der Waals surface area contributed by atoms with Gasteiger partial charge < -0.3 is 15.0 Å². The number of carbonyl (C=O) groups is 3. The summed E-state index contributed by atoms with van der Waals surface area (Å²) in [7, 11) is 0. The lowest BCUT2D eigenvalue weighted by atomic mass is 10.0. The van der Waals surface area contributed by atoms with Crippen LogP contribution in [0.25, 0.3) is 6.08 Å². The zero-order valence-electron chi connectivity index (χ0n) is 23.6. The van der Waals surface area contributed by atoms with Crippen LogP contribution < -0.4 is 5.32 Å². The largest absolute Gasteiger partial charge is 0.444 e. The third-order valence-electron chi connectivity index (χ3n) is 6.48. The molecular formula is C30H32F6N2O4. The van der Waals surface area contributed by atoms with E-state index >= 15 is 0 Å². The quantitative estimate of drug-likeness (QED) is 0.247. The zero-order valence-corrected chi connectivity index (χ0v) is 23.6. The Bertz CT molecular complexity index is 1330. The number of rotatable bonds is 8. The molecule has 1 unspecified atom stereocenters. The molecular weight excluding hydrogens is 566 g/mol. The second-order valence-corrected chi connectivity index (χ2v) is 10.9. The van der Waals surface area contributed by atoms with Crippen molar-refractivity contribution in [3.63, 3.8) is 0 Å². The molecule has 0 aromatic heterocycles. The van der Waals surface area contributed by atoms with E-state index < -0.39 is 59.2 Å². The van der Waals surface area contributed by atoms with Crippen molar-refractivity contribution in [2.75, 3.05) is 11.9 Å². The molecule has 228 valence electrons. The Morgan fingerprint density at radius 2 is 1.60 bits per heavy atom. The number of allylic oxidation sites excluding steroid dienone is 1. The number of anilines is 1. The van der Waals surface area contributed by atoms with Gasteiger partial charge in [-0.3, -0.25) is 9.59 Å². The number of hydrogen-bond acceptors (Lipinski definition) is 4. The summed E-state index contributed by atoms with van der Waals surface area (Å²) < 4.78 is 84.8. The minimum Gasteiger partial charge on any atom is -0.444 e. The van der Waals surface area contributed by atoms with Gasteiger partial charge in [0.2, 0.25) is 5.91 Å². The van der Waals surface area contributed by atoms with E-state index in [4.69, 9.17) is 4.74 Å². The molecule has 2 amide bonds. The number of ether oxygens (including phenoxy) is 1. The highest BCUT2D eigenvalue weighted by molar-refractivity contribution is 5.93. The molecule has 1 aliphatic carbocycles. The summed E-state index contributed by atoms with van der Waals surface area (Å²) in [6.45, 7) is 6.55. The van der Waals surface area contributed by atoms with Crippen LogP contribution in [0.2, 0.25) is 0 Å². The molecule has 0 fully saturated rings. The topological polar surface area (TPSA) is 75.7 Å². The van der Waals surface area contributed by atoms with Crippen LogP contribution in [0.4, 0.5) is 36.8 Å². The minimum atomic E-state index is -5.06. The van der Waals surface area contributed by atoms with Gasteiger partial charge in [0.15, 0.2) is 5.78 Å². The normalized spacial score (nSPS) is 15.4. The maximum absolute atomic E-state index is 13.2. The van der Waals surface area contributed by atoms with Gasteiger partial charge in [0.25, 0.3) is 0 Å². The first kappa shape index (κ1) is 32.7. The van der Waals surface area contributed by atoms with Gasteiger partial charge in [-0.1, -0.05) is 31.2 Å². The summed E-state index contributed by atoms with van der Waals surface area (Å²) in [5.41, 5.74) is -2.10. The highest BCUT2D eigenvalue weighted by Gasteiger charge is 2.37. The van der Waals surface area contributed by atoms with E-state index in [-0.39, 0.29) is 18.4 Å². The lowest BCUT2D eigenvalue weighted by Crippen LogP contribution is -2.40. The van der Waals surface area contributed by atoms with Crippen LogP contribution in [0.15, 0.2) is 42.5 Å². The fraction of sp³-hybridized carbons (Fsp3) is 0.433. The summed E-state index contributed by atoms with van der Waals surface area (Å²) in [6.07, 6.45) is -6.60. The Kier molecular flexibility index (Phi) is 9.79. The van der Waals surface area contributed by atoms with Crippen LogP contribution in [0.1, 0.15) is 80.8 Å². The molecule has 12 heteroatoms. The predicted octanol–water partition coefficient (Wildman–Crippen LogP) is 7.97. The molecule has 0 aliphatic heterocycles. The van der Waals surface area contributed by atoms with Crippen LogP contribution in [0, 0.1) is 0 Å². The number of alkyl halides is 6. The van der Waals surface area contributed by atoms with E-state index in [1.54, 1.807) is 39.8 Å². The van der Waals surface area contributed by atoms with Crippen LogP contribution in [-0.4, -0.2) is 34.8 Å². The molecule has 0 spiro atoms. The molecule has 1 N–H and O–H groups in total. The highest BCUT2D eigenvalue weighted by atomic mass is 19.4. The monoisotopic (exact) mass is 598 g/mol. The Balaban J connectivity index is 1.82. The van der Waals surface area contributed by atoms with E-state index in [1.165, 1.54) is 11.0 Å². The minimum absolute atomic E-state index is 0.0254. The smallest absolute Gasteiger partial charge is 0.416 e. The summed E-state index contributed by atoms with van der Waals surface area (Å²) in [5.74, 6) is -0.905. The van der Waals surface area contributed by atoms with Crippen molar-refractivity contribution in [1.29, 1.82) is 0 Å². The Morgan fingerprint density at radius 1 is 0.976 bits per heavy atom. The van der Waals surface area contributed by atoms with Crippen molar-refractivity contribution in [2.45, 2.75) is 77.4 Å². The van der Waals surface area contributed by atoms with Gasteiger partial charge in [-0.25, -0.2) is 4.79 Å². The number of fused-ring (bicyclic) bond motifs is 1. The number of halogens is 6. The number of carbonyl (C=O) groups excluding carboxylic acids is 3. The molecule has 0 bridgehead atoms. The Labute approximate surface area is 239 Å². The fourth-order valence-corrected chi connectivity index (χ4v) is 4.52. The average molecular weight is 599 g/mol. The summed E-state index contributed by atoms with van der Waals surface area (Å²) >= 11 is 0. The molecule has 0 saturated heterocycles. The van der Waals surface area contributed by atoms with Gasteiger partial charge in [0.1, 0.15) is 5.60 Å². The highest BCUT2D eigenvalue weighted by Crippen LogP contribution is 2.39. The first-order valence-electron chi connectivity index (χ1n) is 13.3. The number of aryl methyl sites for hydroxylation is 1. The molecule has 2 aromatic rings. The summed E-state index contributed by atoms with van der Waals surface area (Å²) in [4.78, 5) is 38.9. The number of amides is 2. The molecule has 1 aliphatic rings. The maximum atomic E-state index is 13.2. The van der Waals surface area contributed by atoms with Crippen molar-refractivity contribution in [1.82, 2.24) is 4.90 Å². The van der Waals surface area contributed by atoms with Gasteiger partial charge in [-0.05, 0) is 74.6 Å². The van der Waals surface area contributed by atoms with E-state index in [0.717, 1.165) is 16.7 Å². The molecule has 0 radical (unpaired) electrons. The summed E-state index contributed by atoms with van der Waals surface area (Å²) in [5, 5.41) is 2.10. The van der Waals surface area contributed by atoms with Gasteiger partial charge >= 0.3 is 18.4 Å². The molecule has 6 nitrogen and oxygen atoms in total. The number of nitrogens with zero attached hydrogens (tertiary/aromatic N) is 1. The van der Waals surface area contributed by atoms with Crippen LogP contribution in [-0.2, 0) is 33.1 Å². The molecule has 1 atom stereocenters. The predicted molar refractivity (Wildman–Crippen MR) is 144 cm³/mol. The van der Waals surface area contributed by atoms with Gasteiger partial charge in [0, 0.05) is 25.1 Å². The number of nitrogens with one attached hydrogen (secondary N) is 1. The van der Waals surface area contributed by atoms with Crippen molar-refractivity contribution < 1.29 is 45.5 Å². The van der Waals surface area contributed by atoms with Crippen molar-refractivity contribution >= 4 is 29.5 Å². The second kappa shape index (κ2) is 12.6.